The van der Waals surface area contributed by atoms with Crippen LogP contribution in [0.15, 0.2) is 0 Å². The fourth-order valence-electron chi connectivity index (χ4n) is 0. The fourth-order valence-corrected chi connectivity index (χ4v) is 0. The zero-order chi connectivity index (χ0) is 0. The van der Waals surface area contributed by atoms with E-state index in [1.807, 2.05) is 0 Å². The molecule has 0 N–H and O–H groups in total. The van der Waals surface area contributed by atoms with Gasteiger partial charge in [-0.2, -0.15) is 0 Å². The first-order chi connectivity index (χ1) is 0. The van der Waals surface area contributed by atoms with Gasteiger partial charge in [0.15, 0.2) is 0 Å². The van der Waals surface area contributed by atoms with Crippen molar-refractivity contribution in [2.75, 3.05) is 0 Å². The number of hydrogen-bond donors (Lipinski definition) is 0. The average molecular weight is 278 g/mol. The Morgan fingerprint density at radius 2 is 0.500 bits per heavy atom. The monoisotopic (exact) mass is 277 g/mol. The SMILES string of the molecule is Cl.Cl.Cl.[Tm]. The molecule has 0 bridgehead atoms. The summed E-state index contributed by atoms with van der Waals surface area (Å²) in [6, 6.07) is 0. The van der Waals surface area contributed by atoms with Crippen LogP contribution in [0.1, 0.15) is 0 Å². The maximum atomic E-state index is 0. The first-order valence-corrected chi connectivity index (χ1v) is 0. The molecule has 0 saturated carbocycles. The third-order valence-corrected chi connectivity index (χ3v) is 0. The molecule has 0 aromatic carbocycles. The van der Waals surface area contributed by atoms with Crippen molar-refractivity contribution in [2.45, 2.75) is 0 Å². The molecule has 0 aliphatic heterocycles. The smallest absolute Gasteiger partial charge is 0 e. The molecule has 4 heavy (non-hydrogen) atoms. The molecule has 0 spiro atoms. The second kappa shape index (κ2) is 19.4. The first kappa shape index (κ1) is 35.9. The molecule has 37 valence electrons. The average Bonchev–Trinajstić information content (AvgIpc) is 0. The Hall–Kier alpha value is 2.10. The van der Waals surface area contributed by atoms with Crippen molar-refractivity contribution in [3.63, 3.8) is 0 Å². The van der Waals surface area contributed by atoms with E-state index >= 15 is 0 Å². The van der Waals surface area contributed by atoms with Crippen LogP contribution in [0.3, 0.4) is 0 Å². The van der Waals surface area contributed by atoms with E-state index in [4.69, 9.17) is 0 Å². The molecular formula is H3Cl3Tm. The Kier molecular flexibility index (Phi) is 174. The summed E-state index contributed by atoms with van der Waals surface area (Å²) in [5, 5.41) is 0. The van der Waals surface area contributed by atoms with Crippen LogP contribution in [-0.2, 0) is 0 Å². The minimum absolute atomic E-state index is 0. The van der Waals surface area contributed by atoms with Gasteiger partial charge in [-0.3, -0.25) is 0 Å². The van der Waals surface area contributed by atoms with Gasteiger partial charge < -0.3 is 0 Å². The molecule has 0 unspecified atom stereocenters. The quantitative estimate of drug-likeness (QED) is 0.626. The first-order valence-electron chi connectivity index (χ1n) is 0. The van der Waals surface area contributed by atoms with Crippen molar-refractivity contribution in [1.82, 2.24) is 0 Å². The Balaban J connectivity index is 0. The zero-order valence-corrected chi connectivity index (χ0v) is 5.73. The Morgan fingerprint density at radius 3 is 0.500 bits per heavy atom. The van der Waals surface area contributed by atoms with Crippen LogP contribution in [0.25, 0.3) is 0 Å². The summed E-state index contributed by atoms with van der Waals surface area (Å²) >= 11 is 0. The fraction of sp³-hybridized carbons (Fsp3) is 0. The van der Waals surface area contributed by atoms with Crippen LogP contribution in [0.4, 0.5) is 0 Å². The van der Waals surface area contributed by atoms with Gasteiger partial charge in [-0.1, -0.05) is 0 Å². The third kappa shape index (κ3) is 8.93. The summed E-state index contributed by atoms with van der Waals surface area (Å²) in [5.74, 6) is 0. The Bertz CT molecular complexity index is 3.25. The molecule has 4 heteroatoms. The minimum atomic E-state index is 0. The summed E-state index contributed by atoms with van der Waals surface area (Å²) < 4.78 is 0. The van der Waals surface area contributed by atoms with Gasteiger partial charge >= 0.3 is 0 Å². The molecule has 0 aliphatic rings. The molecule has 0 saturated heterocycles. The van der Waals surface area contributed by atoms with Gasteiger partial charge in [-0.15, -0.1) is 37.2 Å². The van der Waals surface area contributed by atoms with Crippen LogP contribution in [0.5, 0.6) is 0 Å². The third-order valence-electron chi connectivity index (χ3n) is 0. The van der Waals surface area contributed by atoms with Gasteiger partial charge in [0.2, 0.25) is 0 Å². The standard InChI is InChI=1S/3ClH.Tm/h3*1H;. The van der Waals surface area contributed by atoms with Crippen LogP contribution in [0.2, 0.25) is 0 Å². The van der Waals surface area contributed by atoms with Crippen LogP contribution >= 0.6 is 37.2 Å². The summed E-state index contributed by atoms with van der Waals surface area (Å²) in [6.45, 7) is 0. The minimum Gasteiger partial charge on any atom is -0.147 e. The van der Waals surface area contributed by atoms with Gasteiger partial charge in [0, 0.05) is 36.9 Å². The molecule has 0 aromatic rings. The largest absolute Gasteiger partial charge is 0.147 e. The normalized spacial score (nSPS) is 0. The number of hydrogen-bond acceptors (Lipinski definition) is 0. The van der Waals surface area contributed by atoms with Crippen molar-refractivity contribution >= 4 is 37.2 Å². The molecule has 0 fully saturated rings. The van der Waals surface area contributed by atoms with E-state index in [0.29, 0.717) is 0 Å². The second-order valence-corrected chi connectivity index (χ2v) is 0. The molecule has 0 atom stereocenters. The second-order valence-electron chi connectivity index (χ2n) is 0. The van der Waals surface area contributed by atoms with Gasteiger partial charge in [0.1, 0.15) is 0 Å². The number of rotatable bonds is 0. The van der Waals surface area contributed by atoms with Gasteiger partial charge in [0.25, 0.3) is 0 Å². The van der Waals surface area contributed by atoms with E-state index < -0.39 is 0 Å². The van der Waals surface area contributed by atoms with E-state index in [9.17, 15) is 0 Å². The molecule has 0 rings (SSSR count). The van der Waals surface area contributed by atoms with Crippen LogP contribution in [-0.4, -0.2) is 0 Å². The number of halogens is 3. The molecule has 0 amide bonds. The van der Waals surface area contributed by atoms with Crippen LogP contribution < -0.4 is 0 Å². The Morgan fingerprint density at radius 1 is 0.500 bits per heavy atom. The van der Waals surface area contributed by atoms with E-state index in [-0.39, 0.29) is 74.1 Å². The van der Waals surface area contributed by atoms with Gasteiger partial charge in [-0.25, -0.2) is 0 Å². The van der Waals surface area contributed by atoms with Crippen LogP contribution in [0, 0.1) is 36.9 Å². The molecule has 0 aliphatic carbocycles. The maximum absolute atomic E-state index is 0. The summed E-state index contributed by atoms with van der Waals surface area (Å²) in [5.41, 5.74) is 0. The molecule has 0 nitrogen and oxygen atoms in total. The predicted molar refractivity (Wildman–Crippen MR) is 21.7 cm³/mol. The van der Waals surface area contributed by atoms with Crippen molar-refractivity contribution in [1.29, 1.82) is 0 Å². The van der Waals surface area contributed by atoms with Crippen molar-refractivity contribution in [2.24, 2.45) is 0 Å². The van der Waals surface area contributed by atoms with Crippen molar-refractivity contribution < 1.29 is 36.9 Å². The summed E-state index contributed by atoms with van der Waals surface area (Å²) in [7, 11) is 0. The molecule has 1 radical (unpaired) electrons. The summed E-state index contributed by atoms with van der Waals surface area (Å²) in [6.07, 6.45) is 0. The van der Waals surface area contributed by atoms with Gasteiger partial charge in [-0.05, 0) is 0 Å². The van der Waals surface area contributed by atoms with Gasteiger partial charge in [0.05, 0.1) is 0 Å². The Labute approximate surface area is 73.1 Å². The predicted octanol–water partition coefficient (Wildman–Crippen LogP) is 1.27. The summed E-state index contributed by atoms with van der Waals surface area (Å²) in [4.78, 5) is 0. The zero-order valence-electron chi connectivity index (χ0n) is 1.50. The van der Waals surface area contributed by atoms with E-state index in [2.05, 4.69) is 0 Å². The molecule has 0 aromatic heterocycles. The van der Waals surface area contributed by atoms with E-state index in [1.54, 1.807) is 0 Å². The van der Waals surface area contributed by atoms with Crippen molar-refractivity contribution in [3.05, 3.63) is 0 Å². The topological polar surface area (TPSA) is 0 Å². The van der Waals surface area contributed by atoms with E-state index in [0.717, 1.165) is 0 Å². The van der Waals surface area contributed by atoms with Crippen molar-refractivity contribution in [3.8, 4) is 0 Å². The molecule has 0 heterocycles. The maximum Gasteiger partial charge on any atom is 0 e. The molecular weight excluding hydrogens is 275 g/mol. The van der Waals surface area contributed by atoms with E-state index in [1.165, 1.54) is 0 Å².